The van der Waals surface area contributed by atoms with E-state index >= 15 is 0 Å². The zero-order valence-electron chi connectivity index (χ0n) is 6.33. The SMILES string of the molecule is CCCCCN(Cl)S(=O)(=O)O. The molecule has 0 saturated heterocycles. The highest BCUT2D eigenvalue weighted by atomic mass is 35.5. The van der Waals surface area contributed by atoms with E-state index in [1.807, 2.05) is 6.92 Å². The lowest BCUT2D eigenvalue weighted by atomic mass is 10.3. The van der Waals surface area contributed by atoms with E-state index in [0.29, 0.717) is 10.2 Å². The highest BCUT2D eigenvalue weighted by Crippen LogP contribution is 2.05. The Bertz CT molecular complexity index is 192. The van der Waals surface area contributed by atoms with Crippen LogP contribution in [-0.2, 0) is 10.3 Å². The number of hydrogen-bond acceptors (Lipinski definition) is 2. The lowest BCUT2D eigenvalue weighted by molar-refractivity contribution is 0.425. The van der Waals surface area contributed by atoms with Gasteiger partial charge in [-0.15, -0.1) is 0 Å². The summed E-state index contributed by atoms with van der Waals surface area (Å²) in [5.41, 5.74) is 0. The minimum Gasteiger partial charge on any atom is -0.272 e. The normalized spacial score (nSPS) is 12.4. The van der Waals surface area contributed by atoms with E-state index in [4.69, 9.17) is 16.3 Å². The molecule has 0 bridgehead atoms. The summed E-state index contributed by atoms with van der Waals surface area (Å²) < 4.78 is 29.3. The number of halogens is 1. The fraction of sp³-hybridized carbons (Fsp3) is 1.00. The average Bonchev–Trinajstić information content (AvgIpc) is 1.86. The van der Waals surface area contributed by atoms with E-state index in [-0.39, 0.29) is 6.54 Å². The molecule has 0 aromatic carbocycles. The average molecular weight is 202 g/mol. The molecule has 0 rings (SSSR count). The first-order chi connectivity index (χ1) is 4.98. The summed E-state index contributed by atoms with van der Waals surface area (Å²) in [5, 5.41) is 0. The van der Waals surface area contributed by atoms with Gasteiger partial charge >= 0.3 is 10.3 Å². The molecule has 0 aromatic rings. The van der Waals surface area contributed by atoms with Crippen molar-refractivity contribution >= 4 is 22.1 Å². The van der Waals surface area contributed by atoms with Gasteiger partial charge in [-0.3, -0.25) is 4.55 Å². The molecule has 0 aliphatic rings. The van der Waals surface area contributed by atoms with Crippen LogP contribution >= 0.6 is 11.8 Å². The van der Waals surface area contributed by atoms with Gasteiger partial charge in [0, 0.05) is 6.54 Å². The van der Waals surface area contributed by atoms with Crippen LogP contribution in [0, 0.1) is 0 Å². The quantitative estimate of drug-likeness (QED) is 0.416. The Kier molecular flexibility index (Phi) is 4.99. The summed E-state index contributed by atoms with van der Waals surface area (Å²) in [4.78, 5) is 0. The van der Waals surface area contributed by atoms with Gasteiger partial charge in [-0.25, -0.2) is 0 Å². The van der Waals surface area contributed by atoms with Crippen molar-refractivity contribution in [1.29, 1.82) is 0 Å². The Balaban J connectivity index is 3.62. The van der Waals surface area contributed by atoms with Crippen molar-refractivity contribution in [3.05, 3.63) is 0 Å². The van der Waals surface area contributed by atoms with Gasteiger partial charge in [0.15, 0.2) is 0 Å². The molecule has 4 nitrogen and oxygen atoms in total. The van der Waals surface area contributed by atoms with Crippen LogP contribution in [0.2, 0.25) is 0 Å². The molecule has 11 heavy (non-hydrogen) atoms. The molecule has 0 aromatic heterocycles. The summed E-state index contributed by atoms with van der Waals surface area (Å²) in [6, 6.07) is 0. The van der Waals surface area contributed by atoms with E-state index in [2.05, 4.69) is 0 Å². The van der Waals surface area contributed by atoms with Gasteiger partial charge < -0.3 is 0 Å². The Morgan fingerprint density at radius 3 is 2.36 bits per heavy atom. The van der Waals surface area contributed by atoms with Crippen LogP contribution in [0.3, 0.4) is 0 Å². The van der Waals surface area contributed by atoms with Gasteiger partial charge in [-0.2, -0.15) is 8.42 Å². The van der Waals surface area contributed by atoms with Gasteiger partial charge in [0.1, 0.15) is 0 Å². The summed E-state index contributed by atoms with van der Waals surface area (Å²) in [6.07, 6.45) is 2.55. The van der Waals surface area contributed by atoms with E-state index in [1.54, 1.807) is 0 Å². The molecule has 0 amide bonds. The highest BCUT2D eigenvalue weighted by molar-refractivity contribution is 7.84. The molecule has 0 unspecified atom stereocenters. The monoisotopic (exact) mass is 201 g/mol. The summed E-state index contributed by atoms with van der Waals surface area (Å²) >= 11 is 5.19. The Labute approximate surface area is 72.1 Å². The lowest BCUT2D eigenvalue weighted by Gasteiger charge is -2.07. The number of hydrogen-bond donors (Lipinski definition) is 1. The summed E-state index contributed by atoms with van der Waals surface area (Å²) in [6.45, 7) is 2.15. The van der Waals surface area contributed by atoms with Gasteiger partial charge in [0.05, 0.1) is 0 Å². The molecule has 1 N–H and O–H groups in total. The van der Waals surface area contributed by atoms with Crippen molar-refractivity contribution in [3.8, 4) is 0 Å². The van der Waals surface area contributed by atoms with Crippen molar-refractivity contribution in [2.24, 2.45) is 0 Å². The summed E-state index contributed by atoms with van der Waals surface area (Å²) in [5.74, 6) is 0. The molecule has 0 fully saturated rings. The van der Waals surface area contributed by atoms with Crippen LogP contribution in [-0.4, -0.2) is 23.3 Å². The van der Waals surface area contributed by atoms with Crippen LogP contribution < -0.4 is 0 Å². The van der Waals surface area contributed by atoms with Crippen LogP contribution in [0.1, 0.15) is 26.2 Å². The number of rotatable bonds is 5. The van der Waals surface area contributed by atoms with Crippen molar-refractivity contribution in [2.45, 2.75) is 26.2 Å². The standard InChI is InChI=1S/C5H12ClNO3S/c1-2-3-4-5-7(6)11(8,9)10/h2-5H2,1H3,(H,8,9,10). The largest absolute Gasteiger partial charge is 0.349 e. The van der Waals surface area contributed by atoms with Gasteiger partial charge in [-0.1, -0.05) is 23.6 Å². The molecule has 0 aliphatic heterocycles. The molecule has 68 valence electrons. The minimum atomic E-state index is -4.18. The van der Waals surface area contributed by atoms with Crippen molar-refractivity contribution in [3.63, 3.8) is 0 Å². The predicted octanol–water partition coefficient (Wildman–Crippen LogP) is 1.44. The zero-order chi connectivity index (χ0) is 8.91. The van der Waals surface area contributed by atoms with Gasteiger partial charge in [-0.05, 0) is 18.2 Å². The third-order valence-electron chi connectivity index (χ3n) is 1.19. The minimum absolute atomic E-state index is 0.161. The first-order valence-electron chi connectivity index (χ1n) is 3.39. The second kappa shape index (κ2) is 4.92. The van der Waals surface area contributed by atoms with E-state index < -0.39 is 10.3 Å². The van der Waals surface area contributed by atoms with E-state index in [1.165, 1.54) is 0 Å². The van der Waals surface area contributed by atoms with Crippen molar-refractivity contribution in [2.75, 3.05) is 6.54 Å². The highest BCUT2D eigenvalue weighted by Gasteiger charge is 2.14. The van der Waals surface area contributed by atoms with E-state index in [9.17, 15) is 8.42 Å². The van der Waals surface area contributed by atoms with Gasteiger partial charge in [0.25, 0.3) is 0 Å². The van der Waals surface area contributed by atoms with Gasteiger partial charge in [0.2, 0.25) is 0 Å². The first kappa shape index (κ1) is 11.2. The maximum absolute atomic E-state index is 10.3. The molecule has 0 atom stereocenters. The number of nitrogens with zero attached hydrogens (tertiary/aromatic N) is 1. The third-order valence-corrected chi connectivity index (χ3v) is 2.56. The lowest BCUT2D eigenvalue weighted by Crippen LogP contribution is -2.21. The molecule has 0 heterocycles. The summed E-state index contributed by atoms with van der Waals surface area (Å²) in [7, 11) is -4.18. The Hall–Kier alpha value is 0.160. The molecule has 6 heteroatoms. The molecule has 0 spiro atoms. The molecular weight excluding hydrogens is 190 g/mol. The van der Waals surface area contributed by atoms with Crippen molar-refractivity contribution < 1.29 is 13.0 Å². The van der Waals surface area contributed by atoms with Crippen LogP contribution in [0.4, 0.5) is 0 Å². The van der Waals surface area contributed by atoms with Crippen LogP contribution in [0.25, 0.3) is 0 Å². The Morgan fingerprint density at radius 1 is 1.45 bits per heavy atom. The predicted molar refractivity (Wildman–Crippen MR) is 43.6 cm³/mol. The topological polar surface area (TPSA) is 57.6 Å². The second-order valence-electron chi connectivity index (χ2n) is 2.20. The zero-order valence-corrected chi connectivity index (χ0v) is 7.90. The molecular formula is C5H12ClNO3S. The molecule has 0 saturated carbocycles. The third kappa shape index (κ3) is 5.43. The fourth-order valence-corrected chi connectivity index (χ4v) is 1.08. The van der Waals surface area contributed by atoms with Crippen LogP contribution in [0.5, 0.6) is 0 Å². The smallest absolute Gasteiger partial charge is 0.272 e. The fourth-order valence-electron chi connectivity index (χ4n) is 0.601. The Morgan fingerprint density at radius 2 is 2.00 bits per heavy atom. The number of unbranched alkanes of at least 4 members (excludes halogenated alkanes) is 2. The molecule has 0 radical (unpaired) electrons. The van der Waals surface area contributed by atoms with E-state index in [0.717, 1.165) is 12.8 Å². The van der Waals surface area contributed by atoms with Crippen LogP contribution in [0.15, 0.2) is 0 Å². The second-order valence-corrected chi connectivity index (χ2v) is 4.14. The first-order valence-corrected chi connectivity index (χ1v) is 5.13. The molecule has 0 aliphatic carbocycles. The maximum Gasteiger partial charge on any atom is 0.349 e. The van der Waals surface area contributed by atoms with Crippen molar-refractivity contribution in [1.82, 2.24) is 3.82 Å². The maximum atomic E-state index is 10.3.